The van der Waals surface area contributed by atoms with Crippen LogP contribution >= 0.6 is 11.8 Å². The fourth-order valence-corrected chi connectivity index (χ4v) is 5.55. The molecule has 0 bridgehead atoms. The zero-order valence-electron chi connectivity index (χ0n) is 20.9. The lowest BCUT2D eigenvalue weighted by Gasteiger charge is -2.17. The largest absolute Gasteiger partial charge is 0.481 e. The topological polar surface area (TPSA) is 79.6 Å². The Balaban J connectivity index is 1.82. The zero-order chi connectivity index (χ0) is 25.0. The van der Waals surface area contributed by atoms with Crippen LogP contribution in [0.15, 0.2) is 80.1 Å². The Morgan fingerprint density at radius 1 is 1.17 bits per heavy atom. The van der Waals surface area contributed by atoms with Gasteiger partial charge in [-0.25, -0.2) is 4.99 Å². The second-order valence-corrected chi connectivity index (χ2v) is 10.1. The van der Waals surface area contributed by atoms with Crippen molar-refractivity contribution < 1.29 is 14.7 Å². The van der Waals surface area contributed by atoms with Crippen LogP contribution in [0.25, 0.3) is 0 Å². The van der Waals surface area contributed by atoms with Crippen molar-refractivity contribution in [2.24, 2.45) is 4.99 Å². The summed E-state index contributed by atoms with van der Waals surface area (Å²) < 4.78 is 0. The first-order valence-corrected chi connectivity index (χ1v) is 13.5. The fourth-order valence-electron chi connectivity index (χ4n) is 4.67. The summed E-state index contributed by atoms with van der Waals surface area (Å²) >= 11 is 1.60. The zero-order valence-corrected chi connectivity index (χ0v) is 21.7. The maximum Gasteiger partial charge on any atom is 0.303 e. The number of fused-ring (bicyclic) bond motifs is 1. The van der Waals surface area contributed by atoms with Gasteiger partial charge in [0.05, 0.1) is 5.70 Å². The molecule has 0 aromatic carbocycles. The quantitative estimate of drug-likeness (QED) is 0.240. The smallest absolute Gasteiger partial charge is 0.303 e. The summed E-state index contributed by atoms with van der Waals surface area (Å²) in [4.78, 5) is 33.3. The molecular formula is C29H36N2O3S. The van der Waals surface area contributed by atoms with E-state index in [4.69, 9.17) is 10.1 Å². The number of hydrogen-bond acceptors (Lipinski definition) is 5. The van der Waals surface area contributed by atoms with E-state index in [9.17, 15) is 9.59 Å². The van der Waals surface area contributed by atoms with E-state index in [-0.39, 0.29) is 6.42 Å². The minimum atomic E-state index is -0.713. The molecule has 35 heavy (non-hydrogen) atoms. The molecule has 0 fully saturated rings. The SMILES string of the molecule is CCC1=C(C=O)C2=C(CCCCCCCCC(=O)O)C(C)=CC(Sc3cccnc3)=NC2=CCC1. The molecule has 0 unspecified atom stereocenters. The summed E-state index contributed by atoms with van der Waals surface area (Å²) in [6.45, 7) is 4.26. The number of aliphatic imine (C=N–C) groups is 1. The number of rotatable bonds is 12. The Kier molecular flexibility index (Phi) is 10.7. The van der Waals surface area contributed by atoms with Gasteiger partial charge in [-0.15, -0.1) is 0 Å². The van der Waals surface area contributed by atoms with Gasteiger partial charge in [0.2, 0.25) is 0 Å². The minimum Gasteiger partial charge on any atom is -0.481 e. The molecule has 2 aliphatic rings. The summed E-state index contributed by atoms with van der Waals surface area (Å²) in [7, 11) is 0. The van der Waals surface area contributed by atoms with Gasteiger partial charge in [-0.05, 0) is 74.8 Å². The molecule has 186 valence electrons. The summed E-state index contributed by atoms with van der Waals surface area (Å²) in [6.07, 6.45) is 18.8. The van der Waals surface area contributed by atoms with E-state index in [2.05, 4.69) is 31.0 Å². The van der Waals surface area contributed by atoms with Crippen molar-refractivity contribution >= 4 is 29.1 Å². The van der Waals surface area contributed by atoms with Crippen LogP contribution in [0.4, 0.5) is 0 Å². The maximum absolute atomic E-state index is 12.4. The van der Waals surface area contributed by atoms with Crippen molar-refractivity contribution in [1.82, 2.24) is 4.98 Å². The molecule has 1 aliphatic carbocycles. The summed E-state index contributed by atoms with van der Waals surface area (Å²) in [5.74, 6) is -0.713. The average molecular weight is 493 g/mol. The molecule has 1 aromatic rings. The van der Waals surface area contributed by atoms with E-state index in [1.807, 2.05) is 18.3 Å². The number of aldehydes is 1. The van der Waals surface area contributed by atoms with Gasteiger partial charge in [-0.3, -0.25) is 14.6 Å². The highest BCUT2D eigenvalue weighted by molar-refractivity contribution is 8.14. The van der Waals surface area contributed by atoms with Crippen LogP contribution in [-0.2, 0) is 9.59 Å². The van der Waals surface area contributed by atoms with Crippen molar-refractivity contribution in [3.8, 4) is 0 Å². The van der Waals surface area contributed by atoms with Crippen molar-refractivity contribution in [2.75, 3.05) is 0 Å². The Bertz CT molecular complexity index is 1060. The van der Waals surface area contributed by atoms with Gasteiger partial charge in [0.25, 0.3) is 0 Å². The lowest BCUT2D eigenvalue weighted by molar-refractivity contribution is -0.137. The molecule has 0 spiro atoms. The van der Waals surface area contributed by atoms with Gasteiger partial charge in [0.1, 0.15) is 5.04 Å². The van der Waals surface area contributed by atoms with Crippen LogP contribution < -0.4 is 0 Å². The lowest BCUT2D eigenvalue weighted by atomic mass is 9.88. The molecule has 0 saturated carbocycles. The first-order valence-electron chi connectivity index (χ1n) is 12.7. The molecule has 6 heteroatoms. The molecule has 5 nitrogen and oxygen atoms in total. The highest BCUT2D eigenvalue weighted by Gasteiger charge is 2.24. The molecule has 0 amide bonds. The molecule has 2 heterocycles. The first kappa shape index (κ1) is 26.9. The summed E-state index contributed by atoms with van der Waals surface area (Å²) in [5.41, 5.74) is 6.36. The van der Waals surface area contributed by atoms with E-state index >= 15 is 0 Å². The number of carbonyl (C=O) groups is 2. The number of carbonyl (C=O) groups excluding carboxylic acids is 1. The third-order valence-electron chi connectivity index (χ3n) is 6.51. The Hall–Kier alpha value is -2.73. The van der Waals surface area contributed by atoms with Crippen LogP contribution in [0.5, 0.6) is 0 Å². The van der Waals surface area contributed by atoms with Crippen molar-refractivity contribution in [2.45, 2.75) is 89.4 Å². The molecule has 3 rings (SSSR count). The van der Waals surface area contributed by atoms with E-state index < -0.39 is 5.97 Å². The number of carboxylic acids is 1. The molecular weight excluding hydrogens is 456 g/mol. The predicted octanol–water partition coefficient (Wildman–Crippen LogP) is 7.62. The van der Waals surface area contributed by atoms with Crippen LogP contribution in [0.3, 0.4) is 0 Å². The van der Waals surface area contributed by atoms with Gasteiger partial charge in [0, 0.05) is 34.9 Å². The van der Waals surface area contributed by atoms with Crippen molar-refractivity contribution in [3.63, 3.8) is 0 Å². The third-order valence-corrected chi connectivity index (χ3v) is 7.40. The third kappa shape index (κ3) is 7.89. The number of hydrogen-bond donors (Lipinski definition) is 1. The predicted molar refractivity (Wildman–Crippen MR) is 144 cm³/mol. The number of pyridine rings is 1. The standard InChI is InChI=1S/C29H36N2O3S/c1-3-22-12-10-15-26-29(25(22)20-32)24(14-8-6-4-5-7-9-16-28(33)34)21(2)18-27(31-26)35-23-13-11-17-30-19-23/h11,13,15,17-20H,3-10,12,14,16H2,1-2H3,(H,33,34). The Morgan fingerprint density at radius 3 is 2.63 bits per heavy atom. The second-order valence-electron chi connectivity index (χ2n) is 9.05. The molecule has 0 radical (unpaired) electrons. The van der Waals surface area contributed by atoms with Crippen LogP contribution in [0.1, 0.15) is 84.5 Å². The van der Waals surface area contributed by atoms with Gasteiger partial charge in [0.15, 0.2) is 6.29 Å². The first-order chi connectivity index (χ1) is 17.0. The van der Waals surface area contributed by atoms with E-state index in [1.54, 1.807) is 18.0 Å². The molecule has 1 aliphatic heterocycles. The fraction of sp³-hybridized carbons (Fsp3) is 0.448. The van der Waals surface area contributed by atoms with Crippen LogP contribution in [0, 0.1) is 0 Å². The number of aliphatic carboxylic acids is 1. The minimum absolute atomic E-state index is 0.259. The molecule has 0 atom stereocenters. The number of unbranched alkanes of at least 4 members (excludes halogenated alkanes) is 5. The van der Waals surface area contributed by atoms with Crippen molar-refractivity contribution in [1.29, 1.82) is 0 Å². The number of allylic oxidation sites excluding steroid dienone is 5. The van der Waals surface area contributed by atoms with Crippen LogP contribution in [-0.4, -0.2) is 27.4 Å². The van der Waals surface area contributed by atoms with E-state index in [0.29, 0.717) is 0 Å². The van der Waals surface area contributed by atoms with Crippen LogP contribution in [0.2, 0.25) is 0 Å². The average Bonchev–Trinajstić information content (AvgIpc) is 3.09. The summed E-state index contributed by atoms with van der Waals surface area (Å²) in [5, 5.41) is 9.70. The van der Waals surface area contributed by atoms with E-state index in [0.717, 1.165) is 103 Å². The Labute approximate surface area is 213 Å². The highest BCUT2D eigenvalue weighted by Crippen LogP contribution is 2.39. The van der Waals surface area contributed by atoms with Gasteiger partial charge in [-0.1, -0.05) is 56.0 Å². The molecule has 0 saturated heterocycles. The van der Waals surface area contributed by atoms with Crippen molar-refractivity contribution in [3.05, 3.63) is 70.2 Å². The maximum atomic E-state index is 12.4. The van der Waals surface area contributed by atoms with E-state index in [1.165, 1.54) is 11.1 Å². The highest BCUT2D eigenvalue weighted by atomic mass is 32.2. The lowest BCUT2D eigenvalue weighted by Crippen LogP contribution is -2.03. The number of thioether (sulfide) groups is 1. The monoisotopic (exact) mass is 492 g/mol. The molecule has 1 aromatic heterocycles. The number of aromatic nitrogens is 1. The Morgan fingerprint density at radius 2 is 1.94 bits per heavy atom. The number of carboxylic acid groups (broad SMARTS) is 1. The van der Waals surface area contributed by atoms with Gasteiger partial charge >= 0.3 is 5.97 Å². The number of nitrogens with zero attached hydrogens (tertiary/aromatic N) is 2. The van der Waals surface area contributed by atoms with Gasteiger partial charge in [-0.2, -0.15) is 0 Å². The second kappa shape index (κ2) is 14.0. The van der Waals surface area contributed by atoms with Gasteiger partial charge < -0.3 is 5.11 Å². The summed E-state index contributed by atoms with van der Waals surface area (Å²) in [6, 6.07) is 3.96. The molecule has 1 N–H and O–H groups in total. The normalized spacial score (nSPS) is 16.1.